The van der Waals surface area contributed by atoms with E-state index >= 15 is 0 Å². The lowest BCUT2D eigenvalue weighted by molar-refractivity contribution is 0.771. The van der Waals surface area contributed by atoms with E-state index in [-0.39, 0.29) is 5.96 Å². The van der Waals surface area contributed by atoms with Crippen LogP contribution in [0, 0.1) is 0 Å². The second kappa shape index (κ2) is 5.90. The minimum absolute atomic E-state index is 0.157. The third kappa shape index (κ3) is 3.13. The van der Waals surface area contributed by atoms with Crippen LogP contribution in [0.25, 0.3) is 5.65 Å². The van der Waals surface area contributed by atoms with E-state index in [4.69, 9.17) is 11.5 Å². The first-order valence-corrected chi connectivity index (χ1v) is 5.99. The summed E-state index contributed by atoms with van der Waals surface area (Å²) < 4.78 is 2.02. The molecule has 2 aromatic heterocycles. The molecule has 2 rings (SSSR count). The Bertz CT molecular complexity index is 526. The highest BCUT2D eigenvalue weighted by atomic mass is 15.1. The van der Waals surface area contributed by atoms with Gasteiger partial charge in [0, 0.05) is 19.3 Å². The minimum atomic E-state index is 0.157. The Morgan fingerprint density at radius 2 is 2.22 bits per heavy atom. The van der Waals surface area contributed by atoms with Gasteiger partial charge in [-0.25, -0.2) is 4.98 Å². The van der Waals surface area contributed by atoms with Crippen molar-refractivity contribution in [3.05, 3.63) is 30.6 Å². The Morgan fingerprint density at radius 3 is 3.06 bits per heavy atom. The van der Waals surface area contributed by atoms with Gasteiger partial charge in [-0.15, -0.1) is 0 Å². The molecule has 2 aromatic rings. The van der Waals surface area contributed by atoms with Gasteiger partial charge < -0.3 is 16.8 Å². The molecule has 18 heavy (non-hydrogen) atoms. The highest BCUT2D eigenvalue weighted by molar-refractivity contribution is 5.75. The molecule has 0 unspecified atom stereocenters. The highest BCUT2D eigenvalue weighted by Gasteiger charge is 2.00. The number of fused-ring (bicyclic) bond motifs is 1. The van der Waals surface area contributed by atoms with Crippen LogP contribution in [-0.4, -0.2) is 28.4 Å². The topological polar surface area (TPSA) is 93.7 Å². The molecule has 0 aliphatic carbocycles. The number of nitrogens with zero attached hydrogens (tertiary/aromatic N) is 3. The van der Waals surface area contributed by atoms with Crippen LogP contribution >= 0.6 is 0 Å². The van der Waals surface area contributed by atoms with Crippen molar-refractivity contribution in [1.82, 2.24) is 9.38 Å². The molecule has 0 atom stereocenters. The Morgan fingerprint density at radius 1 is 1.33 bits per heavy atom. The zero-order valence-corrected chi connectivity index (χ0v) is 10.2. The lowest BCUT2D eigenvalue weighted by atomic mass is 10.3. The molecule has 0 saturated carbocycles. The number of pyridine rings is 1. The van der Waals surface area contributed by atoms with Gasteiger partial charge in [0.1, 0.15) is 11.5 Å². The van der Waals surface area contributed by atoms with Crippen LogP contribution in [0.3, 0.4) is 0 Å². The third-order valence-electron chi connectivity index (χ3n) is 2.60. The van der Waals surface area contributed by atoms with Crippen LogP contribution in [-0.2, 0) is 0 Å². The van der Waals surface area contributed by atoms with Crippen LogP contribution in [0.5, 0.6) is 0 Å². The molecule has 0 aliphatic heterocycles. The maximum absolute atomic E-state index is 5.25. The molecular weight excluding hydrogens is 228 g/mol. The number of aliphatic imine (C=N–C) groups is 1. The Labute approximate surface area is 106 Å². The van der Waals surface area contributed by atoms with Crippen molar-refractivity contribution in [3.8, 4) is 0 Å². The van der Waals surface area contributed by atoms with Crippen LogP contribution in [0.4, 0.5) is 5.82 Å². The average molecular weight is 246 g/mol. The number of unbranched alkanes of at least 4 members (excludes halogenated alkanes) is 1. The predicted molar refractivity (Wildman–Crippen MR) is 73.6 cm³/mol. The molecule has 0 aliphatic rings. The number of anilines is 1. The summed E-state index contributed by atoms with van der Waals surface area (Å²) in [5.41, 5.74) is 11.4. The Hall–Kier alpha value is -2.24. The van der Waals surface area contributed by atoms with Crippen molar-refractivity contribution in [2.75, 3.05) is 18.4 Å². The lowest BCUT2D eigenvalue weighted by Crippen LogP contribution is -2.23. The molecule has 96 valence electrons. The van der Waals surface area contributed by atoms with Crippen molar-refractivity contribution in [2.45, 2.75) is 12.8 Å². The van der Waals surface area contributed by atoms with Gasteiger partial charge in [0.2, 0.25) is 0 Å². The fourth-order valence-corrected chi connectivity index (χ4v) is 1.72. The molecule has 0 radical (unpaired) electrons. The van der Waals surface area contributed by atoms with E-state index in [1.807, 2.05) is 35.0 Å². The van der Waals surface area contributed by atoms with Crippen LogP contribution in [0.2, 0.25) is 0 Å². The van der Waals surface area contributed by atoms with Gasteiger partial charge in [-0.05, 0) is 25.0 Å². The van der Waals surface area contributed by atoms with Gasteiger partial charge in [-0.3, -0.25) is 9.39 Å². The maximum Gasteiger partial charge on any atom is 0.185 e. The molecule has 2 heterocycles. The summed E-state index contributed by atoms with van der Waals surface area (Å²) in [6.07, 6.45) is 5.80. The molecular formula is C12H18N6. The van der Waals surface area contributed by atoms with Crippen molar-refractivity contribution < 1.29 is 0 Å². The molecule has 0 saturated heterocycles. The minimum Gasteiger partial charge on any atom is -0.370 e. The molecule has 0 aromatic carbocycles. The van der Waals surface area contributed by atoms with Gasteiger partial charge in [-0.1, -0.05) is 6.07 Å². The first-order chi connectivity index (χ1) is 8.77. The van der Waals surface area contributed by atoms with Crippen molar-refractivity contribution in [1.29, 1.82) is 0 Å². The number of imidazole rings is 1. The summed E-state index contributed by atoms with van der Waals surface area (Å²) in [6, 6.07) is 5.93. The van der Waals surface area contributed by atoms with E-state index in [9.17, 15) is 0 Å². The first kappa shape index (κ1) is 12.2. The molecule has 0 amide bonds. The summed E-state index contributed by atoms with van der Waals surface area (Å²) in [6.45, 7) is 1.56. The van der Waals surface area contributed by atoms with Gasteiger partial charge in [0.25, 0.3) is 0 Å². The van der Waals surface area contributed by atoms with E-state index in [1.54, 1.807) is 0 Å². The van der Waals surface area contributed by atoms with E-state index in [2.05, 4.69) is 15.3 Å². The number of guanidine groups is 1. The lowest BCUT2D eigenvalue weighted by Gasteiger charge is -2.04. The van der Waals surface area contributed by atoms with E-state index in [1.165, 1.54) is 0 Å². The maximum atomic E-state index is 5.25. The molecule has 6 nitrogen and oxygen atoms in total. The number of aromatic nitrogens is 2. The second-order valence-corrected chi connectivity index (χ2v) is 4.01. The summed E-state index contributed by atoms with van der Waals surface area (Å²) in [5.74, 6) is 1.16. The summed E-state index contributed by atoms with van der Waals surface area (Å²) in [4.78, 5) is 8.24. The van der Waals surface area contributed by atoms with Crippen molar-refractivity contribution >= 4 is 17.4 Å². The third-order valence-corrected chi connectivity index (χ3v) is 2.60. The van der Waals surface area contributed by atoms with Gasteiger partial charge in [0.15, 0.2) is 5.96 Å². The van der Waals surface area contributed by atoms with E-state index in [0.717, 1.165) is 30.9 Å². The molecule has 0 fully saturated rings. The van der Waals surface area contributed by atoms with Crippen molar-refractivity contribution in [2.24, 2.45) is 16.5 Å². The first-order valence-electron chi connectivity index (χ1n) is 5.99. The molecule has 0 bridgehead atoms. The largest absolute Gasteiger partial charge is 0.370 e. The fourth-order valence-electron chi connectivity index (χ4n) is 1.72. The number of hydrogen-bond acceptors (Lipinski definition) is 3. The van der Waals surface area contributed by atoms with Crippen LogP contribution in [0.1, 0.15) is 12.8 Å². The van der Waals surface area contributed by atoms with Crippen LogP contribution in [0.15, 0.2) is 35.6 Å². The monoisotopic (exact) mass is 246 g/mol. The number of rotatable bonds is 6. The standard InChI is InChI=1S/C12H18N6/c13-12(14)16-7-3-2-6-15-11-9-17-10-5-1-4-8-18(10)11/h1,4-5,8-9,15H,2-3,6-7H2,(H4,13,14,16). The van der Waals surface area contributed by atoms with Crippen molar-refractivity contribution in [3.63, 3.8) is 0 Å². The normalized spacial score (nSPS) is 10.4. The van der Waals surface area contributed by atoms with Gasteiger partial charge in [-0.2, -0.15) is 0 Å². The molecule has 6 heteroatoms. The average Bonchev–Trinajstić information content (AvgIpc) is 2.77. The SMILES string of the molecule is NC(N)=NCCCCNc1cnc2ccccn12. The highest BCUT2D eigenvalue weighted by Crippen LogP contribution is 2.10. The number of nitrogens with two attached hydrogens (primary N) is 2. The quantitative estimate of drug-likeness (QED) is 0.399. The molecule has 0 spiro atoms. The number of hydrogen-bond donors (Lipinski definition) is 3. The molecule has 5 N–H and O–H groups in total. The fraction of sp³-hybridized carbons (Fsp3) is 0.333. The second-order valence-electron chi connectivity index (χ2n) is 4.01. The van der Waals surface area contributed by atoms with E-state index in [0.29, 0.717) is 6.54 Å². The summed E-state index contributed by atoms with van der Waals surface area (Å²) in [7, 11) is 0. The van der Waals surface area contributed by atoms with Crippen LogP contribution < -0.4 is 16.8 Å². The summed E-state index contributed by atoms with van der Waals surface area (Å²) >= 11 is 0. The van der Waals surface area contributed by atoms with Gasteiger partial charge in [0.05, 0.1) is 6.20 Å². The van der Waals surface area contributed by atoms with Gasteiger partial charge >= 0.3 is 0 Å². The van der Waals surface area contributed by atoms with E-state index < -0.39 is 0 Å². The number of nitrogens with one attached hydrogen (secondary N) is 1. The zero-order chi connectivity index (χ0) is 12.8. The zero-order valence-electron chi connectivity index (χ0n) is 10.2. The summed E-state index contributed by atoms with van der Waals surface area (Å²) in [5, 5.41) is 3.35. The smallest absolute Gasteiger partial charge is 0.185 e. The predicted octanol–water partition coefficient (Wildman–Crippen LogP) is 0.800. The Kier molecular flexibility index (Phi) is 4.01. The Balaban J connectivity index is 1.79.